The van der Waals surface area contributed by atoms with Crippen molar-refractivity contribution in [2.24, 2.45) is 0 Å². The third-order valence-corrected chi connectivity index (χ3v) is 7.91. The maximum absolute atomic E-state index is 4.47. The van der Waals surface area contributed by atoms with Crippen LogP contribution in [-0.2, 0) is 0 Å². The number of rotatable bonds is 2. The standard InChI is InChI=1S/C36H24N2/c1-23-11-14-29-30-15-12-24(20-32(30)28-10-6-5-9-27(28)31(29)19-23)25-13-16-35-33(21-25)34-22-37-18-17-36(34)38(35)26-7-3-2-4-8-26/h2-22H,1H3. The van der Waals surface area contributed by atoms with E-state index in [9.17, 15) is 0 Å². The first-order valence-electron chi connectivity index (χ1n) is 13.1. The molecule has 0 aliphatic carbocycles. The smallest absolute Gasteiger partial charge is 0.0571 e. The van der Waals surface area contributed by atoms with Gasteiger partial charge in [-0.1, -0.05) is 84.4 Å². The second-order valence-electron chi connectivity index (χ2n) is 10.2. The molecule has 2 heterocycles. The van der Waals surface area contributed by atoms with E-state index < -0.39 is 0 Å². The topological polar surface area (TPSA) is 17.8 Å². The van der Waals surface area contributed by atoms with E-state index in [1.165, 1.54) is 70.8 Å². The van der Waals surface area contributed by atoms with E-state index in [4.69, 9.17) is 0 Å². The van der Waals surface area contributed by atoms with Gasteiger partial charge < -0.3 is 4.57 Å². The molecular formula is C36H24N2. The van der Waals surface area contributed by atoms with Gasteiger partial charge in [0.1, 0.15) is 0 Å². The molecule has 0 atom stereocenters. The molecule has 0 saturated heterocycles. The average Bonchev–Trinajstić information content (AvgIpc) is 3.31. The number of fused-ring (bicyclic) bond motifs is 9. The summed E-state index contributed by atoms with van der Waals surface area (Å²) >= 11 is 0. The van der Waals surface area contributed by atoms with Gasteiger partial charge in [-0.2, -0.15) is 0 Å². The third kappa shape index (κ3) is 3.04. The van der Waals surface area contributed by atoms with E-state index in [1.54, 1.807) is 0 Å². The molecule has 178 valence electrons. The van der Waals surface area contributed by atoms with Crippen LogP contribution in [-0.4, -0.2) is 9.55 Å². The normalized spacial score (nSPS) is 11.8. The zero-order valence-corrected chi connectivity index (χ0v) is 21.0. The minimum absolute atomic E-state index is 1.16. The highest BCUT2D eigenvalue weighted by molar-refractivity contribution is 6.26. The number of pyridine rings is 1. The Labute approximate surface area is 220 Å². The van der Waals surface area contributed by atoms with Gasteiger partial charge in [0.25, 0.3) is 0 Å². The fourth-order valence-electron chi connectivity index (χ4n) is 6.15. The maximum Gasteiger partial charge on any atom is 0.0571 e. The van der Waals surface area contributed by atoms with Gasteiger partial charge in [-0.3, -0.25) is 4.98 Å². The van der Waals surface area contributed by atoms with Gasteiger partial charge in [-0.15, -0.1) is 0 Å². The number of para-hydroxylation sites is 1. The van der Waals surface area contributed by atoms with Crippen LogP contribution in [0, 0.1) is 6.92 Å². The molecule has 0 fully saturated rings. The Bertz CT molecular complexity index is 2170. The number of aromatic nitrogens is 2. The van der Waals surface area contributed by atoms with Gasteiger partial charge in [0.15, 0.2) is 0 Å². The molecule has 0 aliphatic rings. The van der Waals surface area contributed by atoms with E-state index in [1.807, 2.05) is 12.4 Å². The van der Waals surface area contributed by atoms with E-state index in [0.717, 1.165) is 5.69 Å². The molecule has 2 aromatic heterocycles. The lowest BCUT2D eigenvalue weighted by molar-refractivity contribution is 1.17. The largest absolute Gasteiger partial charge is 0.309 e. The zero-order valence-electron chi connectivity index (χ0n) is 21.0. The highest BCUT2D eigenvalue weighted by Gasteiger charge is 2.14. The van der Waals surface area contributed by atoms with Crippen LogP contribution in [0.2, 0.25) is 0 Å². The minimum Gasteiger partial charge on any atom is -0.309 e. The summed E-state index contributed by atoms with van der Waals surface area (Å²) in [6, 6.07) is 42.0. The summed E-state index contributed by atoms with van der Waals surface area (Å²) in [6.07, 6.45) is 3.87. The lowest BCUT2D eigenvalue weighted by Crippen LogP contribution is -1.93. The Morgan fingerprint density at radius 3 is 1.87 bits per heavy atom. The lowest BCUT2D eigenvalue weighted by Gasteiger charge is -2.13. The van der Waals surface area contributed by atoms with Crippen molar-refractivity contribution in [2.75, 3.05) is 0 Å². The van der Waals surface area contributed by atoms with Gasteiger partial charge in [0, 0.05) is 28.9 Å². The number of aryl methyl sites for hydroxylation is 1. The van der Waals surface area contributed by atoms with Crippen molar-refractivity contribution in [3.63, 3.8) is 0 Å². The van der Waals surface area contributed by atoms with Crippen LogP contribution < -0.4 is 0 Å². The molecule has 0 amide bonds. The highest BCUT2D eigenvalue weighted by atomic mass is 15.0. The number of hydrogen-bond donors (Lipinski definition) is 0. The molecule has 0 spiro atoms. The van der Waals surface area contributed by atoms with E-state index in [2.05, 4.69) is 132 Å². The highest BCUT2D eigenvalue weighted by Crippen LogP contribution is 2.39. The number of benzene rings is 6. The first-order chi connectivity index (χ1) is 18.8. The monoisotopic (exact) mass is 484 g/mol. The summed E-state index contributed by atoms with van der Waals surface area (Å²) < 4.78 is 2.33. The van der Waals surface area contributed by atoms with Crippen molar-refractivity contribution in [3.8, 4) is 16.8 Å². The molecule has 6 aromatic carbocycles. The van der Waals surface area contributed by atoms with Gasteiger partial charge in [0.2, 0.25) is 0 Å². The molecule has 8 aromatic rings. The maximum atomic E-state index is 4.47. The Morgan fingerprint density at radius 2 is 1.08 bits per heavy atom. The van der Waals surface area contributed by atoms with Crippen LogP contribution in [0.1, 0.15) is 5.56 Å². The molecule has 0 saturated carbocycles. The van der Waals surface area contributed by atoms with Crippen LogP contribution in [0.15, 0.2) is 128 Å². The number of nitrogens with zero attached hydrogens (tertiary/aromatic N) is 2. The molecule has 0 radical (unpaired) electrons. The molecule has 2 nitrogen and oxygen atoms in total. The first kappa shape index (κ1) is 21.2. The van der Waals surface area contributed by atoms with E-state index >= 15 is 0 Å². The summed E-state index contributed by atoms with van der Waals surface area (Å²) in [6.45, 7) is 2.17. The molecule has 0 bridgehead atoms. The molecular weight excluding hydrogens is 460 g/mol. The van der Waals surface area contributed by atoms with Crippen molar-refractivity contribution in [1.82, 2.24) is 9.55 Å². The summed E-state index contributed by atoms with van der Waals surface area (Å²) in [5, 5.41) is 10.2. The van der Waals surface area contributed by atoms with Crippen molar-refractivity contribution >= 4 is 54.1 Å². The Kier molecular flexibility index (Phi) is 4.47. The molecule has 38 heavy (non-hydrogen) atoms. The quantitative estimate of drug-likeness (QED) is 0.223. The van der Waals surface area contributed by atoms with Gasteiger partial charge >= 0.3 is 0 Å². The van der Waals surface area contributed by atoms with Gasteiger partial charge in [-0.25, -0.2) is 0 Å². The Balaban J connectivity index is 1.40. The van der Waals surface area contributed by atoms with Crippen LogP contribution in [0.3, 0.4) is 0 Å². The van der Waals surface area contributed by atoms with Crippen molar-refractivity contribution in [2.45, 2.75) is 6.92 Å². The van der Waals surface area contributed by atoms with Gasteiger partial charge in [0.05, 0.1) is 11.0 Å². The number of hydrogen-bond acceptors (Lipinski definition) is 1. The van der Waals surface area contributed by atoms with Crippen molar-refractivity contribution in [1.29, 1.82) is 0 Å². The molecule has 0 N–H and O–H groups in total. The molecule has 0 unspecified atom stereocenters. The SMILES string of the molecule is Cc1ccc2c3ccc(-c4ccc5c(c4)c4cnccc4n5-c4ccccc4)cc3c3ccccc3c2c1. The minimum atomic E-state index is 1.16. The second-order valence-corrected chi connectivity index (χ2v) is 10.2. The van der Waals surface area contributed by atoms with Crippen LogP contribution >= 0.6 is 0 Å². The predicted octanol–water partition coefficient (Wildman–Crippen LogP) is 9.61. The predicted molar refractivity (Wildman–Crippen MR) is 161 cm³/mol. The van der Waals surface area contributed by atoms with Crippen molar-refractivity contribution in [3.05, 3.63) is 133 Å². The third-order valence-electron chi connectivity index (χ3n) is 7.91. The van der Waals surface area contributed by atoms with Crippen LogP contribution in [0.4, 0.5) is 0 Å². The lowest BCUT2D eigenvalue weighted by atomic mass is 9.91. The molecule has 8 rings (SSSR count). The summed E-state index contributed by atoms with van der Waals surface area (Å²) in [5.74, 6) is 0. The molecule has 2 heteroatoms. The Morgan fingerprint density at radius 1 is 0.474 bits per heavy atom. The molecule has 0 aliphatic heterocycles. The summed E-state index contributed by atoms with van der Waals surface area (Å²) in [7, 11) is 0. The fraction of sp³-hybridized carbons (Fsp3) is 0.0278. The second kappa shape index (κ2) is 8.03. The fourth-order valence-corrected chi connectivity index (χ4v) is 6.15. The van der Waals surface area contributed by atoms with E-state index in [-0.39, 0.29) is 0 Å². The summed E-state index contributed by atoms with van der Waals surface area (Å²) in [5.41, 5.74) is 7.24. The first-order valence-corrected chi connectivity index (χ1v) is 13.1. The van der Waals surface area contributed by atoms with Crippen molar-refractivity contribution < 1.29 is 0 Å². The van der Waals surface area contributed by atoms with Crippen LogP contribution in [0.5, 0.6) is 0 Å². The van der Waals surface area contributed by atoms with Gasteiger partial charge in [-0.05, 0) is 86.8 Å². The average molecular weight is 485 g/mol. The Hall–Kier alpha value is -4.95. The summed E-state index contributed by atoms with van der Waals surface area (Å²) in [4.78, 5) is 4.47. The zero-order chi connectivity index (χ0) is 25.2. The van der Waals surface area contributed by atoms with E-state index in [0.29, 0.717) is 0 Å². The van der Waals surface area contributed by atoms with Crippen LogP contribution in [0.25, 0.3) is 70.9 Å².